The molecule has 0 radical (unpaired) electrons. The smallest absolute Gasteiger partial charge is 0.303 e. The maximum Gasteiger partial charge on any atom is 0.303 e. The average molecular weight is 928 g/mol. The summed E-state index contributed by atoms with van der Waals surface area (Å²) in [4.78, 5) is 79.4. The highest BCUT2D eigenvalue weighted by Gasteiger charge is 2.22. The average Bonchev–Trinajstić information content (AvgIpc) is 3.99. The molecule has 0 bridgehead atoms. The number of aromatic amines is 2. The van der Waals surface area contributed by atoms with Crippen molar-refractivity contribution in [3.05, 3.63) is 24.0 Å². The highest BCUT2D eigenvalue weighted by atomic mass is 32.2. The number of aromatic nitrogens is 6. The van der Waals surface area contributed by atoms with Crippen LogP contribution in [0, 0.1) is 5.92 Å². The zero-order valence-electron chi connectivity index (χ0n) is 37.6. The van der Waals surface area contributed by atoms with Crippen LogP contribution in [-0.2, 0) is 61.1 Å². The maximum absolute atomic E-state index is 12.7. The molecule has 0 aliphatic heterocycles. The minimum atomic E-state index is -3.82. The Morgan fingerprint density at radius 2 is 1.34 bits per heavy atom. The number of ether oxygens (including phenoxy) is 2. The van der Waals surface area contributed by atoms with E-state index in [1.807, 2.05) is 0 Å². The SMILES string of the molecule is O=C(O)CCC(=O)[C@@H](CCCCNC(=O)COCCOCCNC(=O)CCCS(=O)(=O)NC(=O)CCCCCCCCCCCCCCCc1nn[nH]n1)CC(=O)CCc1cnc[nH]1.[HH].[HH]. The molecule has 0 aliphatic carbocycles. The highest BCUT2D eigenvalue weighted by Crippen LogP contribution is 2.19. The molecule has 2 aromatic heterocycles. The normalized spacial score (nSPS) is 11.9. The molecular formula is C43H77N9O11S. The summed E-state index contributed by atoms with van der Waals surface area (Å²) in [6, 6.07) is 0. The van der Waals surface area contributed by atoms with Crippen LogP contribution in [0.15, 0.2) is 12.5 Å². The first-order valence-corrected chi connectivity index (χ1v) is 24.8. The quantitative estimate of drug-likeness (QED) is 0.0491. The van der Waals surface area contributed by atoms with Crippen LogP contribution in [0.3, 0.4) is 0 Å². The number of Topliss-reactive ketones (excluding diaryl/α,β-unsaturated/α-hetero) is 2. The van der Waals surface area contributed by atoms with Gasteiger partial charge in [0.25, 0.3) is 0 Å². The number of carboxylic acid groups (broad SMARTS) is 1. The number of ketones is 2. The Morgan fingerprint density at radius 3 is 2.00 bits per heavy atom. The number of imidazole rings is 1. The van der Waals surface area contributed by atoms with Gasteiger partial charge in [-0.15, -0.1) is 10.2 Å². The lowest BCUT2D eigenvalue weighted by molar-refractivity contribution is -0.139. The number of hydrogen-bond donors (Lipinski definition) is 6. The second-order valence-electron chi connectivity index (χ2n) is 16.1. The Morgan fingerprint density at radius 1 is 0.688 bits per heavy atom. The van der Waals surface area contributed by atoms with Crippen LogP contribution < -0.4 is 15.4 Å². The van der Waals surface area contributed by atoms with Gasteiger partial charge in [-0.05, 0) is 38.5 Å². The van der Waals surface area contributed by atoms with Crippen molar-refractivity contribution in [3.63, 3.8) is 0 Å². The van der Waals surface area contributed by atoms with Crippen molar-refractivity contribution in [2.45, 2.75) is 161 Å². The van der Waals surface area contributed by atoms with Crippen LogP contribution in [0.2, 0.25) is 0 Å². The molecule has 366 valence electrons. The van der Waals surface area contributed by atoms with E-state index in [0.29, 0.717) is 38.6 Å². The number of carbonyl (C=O) groups excluding carboxylic acids is 5. The van der Waals surface area contributed by atoms with Crippen LogP contribution >= 0.6 is 0 Å². The number of sulfonamides is 1. The molecule has 0 saturated carbocycles. The molecule has 64 heavy (non-hydrogen) atoms. The number of tetrazole rings is 1. The van der Waals surface area contributed by atoms with Gasteiger partial charge in [-0.2, -0.15) is 5.21 Å². The Kier molecular flexibility index (Phi) is 30.9. The molecule has 0 unspecified atom stereocenters. The lowest BCUT2D eigenvalue weighted by Gasteiger charge is -2.15. The molecule has 0 aromatic carbocycles. The first-order chi connectivity index (χ1) is 30.9. The van der Waals surface area contributed by atoms with Gasteiger partial charge < -0.3 is 30.2 Å². The summed E-state index contributed by atoms with van der Waals surface area (Å²) in [6.07, 6.45) is 20.7. The zero-order valence-corrected chi connectivity index (χ0v) is 38.4. The first-order valence-electron chi connectivity index (χ1n) is 23.1. The number of carbonyl (C=O) groups is 6. The van der Waals surface area contributed by atoms with Gasteiger partial charge in [0.1, 0.15) is 18.2 Å². The molecule has 0 aliphatic rings. The largest absolute Gasteiger partial charge is 0.481 e. The van der Waals surface area contributed by atoms with E-state index in [-0.39, 0.29) is 110 Å². The van der Waals surface area contributed by atoms with Crippen molar-refractivity contribution < 1.29 is 54.6 Å². The topological polar surface area (TPSA) is 294 Å². The van der Waals surface area contributed by atoms with Gasteiger partial charge in [0.15, 0.2) is 5.82 Å². The van der Waals surface area contributed by atoms with Crippen LogP contribution in [0.25, 0.3) is 0 Å². The molecule has 0 saturated heterocycles. The van der Waals surface area contributed by atoms with Gasteiger partial charge >= 0.3 is 5.97 Å². The second kappa shape index (κ2) is 35.7. The fourth-order valence-electron chi connectivity index (χ4n) is 6.91. The van der Waals surface area contributed by atoms with Crippen LogP contribution in [-0.4, -0.2) is 125 Å². The maximum atomic E-state index is 12.7. The monoisotopic (exact) mass is 928 g/mol. The number of aliphatic carboxylic acids is 1. The van der Waals surface area contributed by atoms with E-state index < -0.39 is 27.8 Å². The number of H-pyrrole nitrogens is 2. The van der Waals surface area contributed by atoms with Gasteiger partial charge in [0.2, 0.25) is 27.7 Å². The molecule has 21 heteroatoms. The summed E-state index contributed by atoms with van der Waals surface area (Å²) in [7, 11) is -3.82. The number of nitrogens with zero attached hydrogens (tertiary/aromatic N) is 4. The predicted molar refractivity (Wildman–Crippen MR) is 241 cm³/mol. The fourth-order valence-corrected chi connectivity index (χ4v) is 7.99. The van der Waals surface area contributed by atoms with Crippen molar-refractivity contribution in [2.24, 2.45) is 5.92 Å². The molecule has 2 rings (SSSR count). The summed E-state index contributed by atoms with van der Waals surface area (Å²) < 4.78 is 37.4. The third-order valence-corrected chi connectivity index (χ3v) is 11.9. The number of nitrogens with one attached hydrogen (secondary N) is 5. The molecule has 1 atom stereocenters. The van der Waals surface area contributed by atoms with Gasteiger partial charge in [-0.3, -0.25) is 33.5 Å². The van der Waals surface area contributed by atoms with E-state index in [1.54, 1.807) is 6.20 Å². The summed E-state index contributed by atoms with van der Waals surface area (Å²) in [5.74, 6) is -2.70. The number of rotatable bonds is 43. The van der Waals surface area contributed by atoms with Crippen LogP contribution in [0.1, 0.15) is 162 Å². The molecule has 2 aromatic rings. The Bertz CT molecular complexity index is 1710. The van der Waals surface area contributed by atoms with E-state index in [9.17, 15) is 37.2 Å². The third-order valence-electron chi connectivity index (χ3n) is 10.5. The number of carboxylic acids is 1. The lowest BCUT2D eigenvalue weighted by atomic mass is 9.88. The van der Waals surface area contributed by atoms with E-state index >= 15 is 0 Å². The Balaban J connectivity index is 0.0000211. The molecule has 6 N–H and O–H groups in total. The van der Waals surface area contributed by atoms with Crippen LogP contribution in [0.5, 0.6) is 0 Å². The second-order valence-corrected chi connectivity index (χ2v) is 18.0. The number of aryl methyl sites for hydroxylation is 2. The molecule has 3 amide bonds. The van der Waals surface area contributed by atoms with Crippen molar-refractivity contribution in [1.82, 2.24) is 45.9 Å². The first kappa shape index (κ1) is 55.5. The Labute approximate surface area is 380 Å². The minimum Gasteiger partial charge on any atom is -0.481 e. The Hall–Kier alpha value is -4.63. The summed E-state index contributed by atoms with van der Waals surface area (Å²) in [5.41, 5.74) is 0.818. The summed E-state index contributed by atoms with van der Waals surface area (Å²) >= 11 is 0. The zero-order chi connectivity index (χ0) is 46.5. The van der Waals surface area contributed by atoms with Gasteiger partial charge in [0, 0.05) is 72.3 Å². The molecule has 0 fully saturated rings. The molecule has 0 spiro atoms. The lowest BCUT2D eigenvalue weighted by Crippen LogP contribution is -2.33. The van der Waals surface area contributed by atoms with Crippen molar-refractivity contribution >= 4 is 45.3 Å². The van der Waals surface area contributed by atoms with Gasteiger partial charge in [-0.25, -0.2) is 13.4 Å². The molecule has 20 nitrogen and oxygen atoms in total. The number of amides is 3. The van der Waals surface area contributed by atoms with E-state index in [2.05, 4.69) is 45.9 Å². The molecule has 2 heterocycles. The van der Waals surface area contributed by atoms with Crippen LogP contribution in [0.4, 0.5) is 0 Å². The minimum absolute atomic E-state index is 0. The van der Waals surface area contributed by atoms with E-state index in [1.165, 1.54) is 57.7 Å². The third kappa shape index (κ3) is 31.3. The standard InChI is InChI=1S/C43H73N9O11S.2H2/c53-37(22-21-36-32-44-34-47-36)31-35(38(54)23-24-43(58)59)17-14-15-25-45-42(57)33-63-29-28-62-27-26-46-40(55)20-16-30-64(60,61)50-41(56)19-13-11-9-7-5-3-1-2-4-6-8-10-12-18-39-48-51-52-49-39;;/h32,34-35H,1-31,33H2,(H,44,47)(H,45,57)(H,46,55)(H,50,56)(H,58,59)(H,48,49,51,52);2*1H/t35-;;/m0../s1. The fraction of sp³-hybridized carbons (Fsp3) is 0.767. The van der Waals surface area contributed by atoms with Crippen molar-refractivity contribution in [1.29, 1.82) is 0 Å². The predicted octanol–water partition coefficient (Wildman–Crippen LogP) is 4.72. The number of unbranched alkanes of at least 4 members (excludes halogenated alkanes) is 13. The highest BCUT2D eigenvalue weighted by molar-refractivity contribution is 7.90. The number of hydrogen-bond acceptors (Lipinski definition) is 14. The van der Waals surface area contributed by atoms with Crippen molar-refractivity contribution in [3.8, 4) is 0 Å². The van der Waals surface area contributed by atoms with E-state index in [0.717, 1.165) is 43.6 Å². The summed E-state index contributed by atoms with van der Waals surface area (Å²) in [5, 5.41) is 28.3. The molecular weight excluding hydrogens is 851 g/mol. The van der Waals surface area contributed by atoms with E-state index in [4.69, 9.17) is 14.6 Å². The van der Waals surface area contributed by atoms with Gasteiger partial charge in [-0.1, -0.05) is 82.3 Å². The van der Waals surface area contributed by atoms with Gasteiger partial charge in [0.05, 0.1) is 38.3 Å². The summed E-state index contributed by atoms with van der Waals surface area (Å²) in [6.45, 7) is 0.898. The van der Waals surface area contributed by atoms with Crippen molar-refractivity contribution in [2.75, 3.05) is 45.3 Å².